The summed E-state index contributed by atoms with van der Waals surface area (Å²) in [5.41, 5.74) is 0. The maximum absolute atomic E-state index is 10.4. The van der Waals surface area contributed by atoms with Gasteiger partial charge in [-0.05, 0) is 18.5 Å². The molecule has 0 spiro atoms. The smallest absolute Gasteiger partial charge is 0.328 e. The molecule has 0 aliphatic rings. The van der Waals surface area contributed by atoms with Crippen molar-refractivity contribution in [2.75, 3.05) is 0 Å². The maximum atomic E-state index is 10.4. The number of rotatable bonds is 2. The average molecular weight is 176 g/mol. The molecule has 1 atom stereocenters. The highest BCUT2D eigenvalue weighted by atomic mass is 35.5. The first kappa shape index (κ1) is 8.00. The van der Waals surface area contributed by atoms with E-state index in [0.717, 1.165) is 0 Å². The van der Waals surface area contributed by atoms with Gasteiger partial charge in [0.2, 0.25) is 5.28 Å². The van der Waals surface area contributed by atoms with Crippen LogP contribution in [0.2, 0.25) is 5.28 Å². The number of aliphatic carboxylic acids is 1. The normalized spacial score (nSPS) is 12.9. The van der Waals surface area contributed by atoms with Crippen LogP contribution in [-0.2, 0) is 4.79 Å². The van der Waals surface area contributed by atoms with E-state index in [0.29, 0.717) is 0 Å². The van der Waals surface area contributed by atoms with E-state index in [1.165, 1.54) is 17.9 Å². The van der Waals surface area contributed by atoms with E-state index < -0.39 is 12.0 Å². The van der Waals surface area contributed by atoms with Crippen LogP contribution in [-0.4, -0.2) is 25.8 Å². The van der Waals surface area contributed by atoms with Gasteiger partial charge in [0.1, 0.15) is 12.4 Å². The van der Waals surface area contributed by atoms with Gasteiger partial charge in [-0.25, -0.2) is 14.5 Å². The fourth-order valence-corrected chi connectivity index (χ4v) is 0.684. The molecule has 11 heavy (non-hydrogen) atoms. The van der Waals surface area contributed by atoms with Gasteiger partial charge in [0, 0.05) is 0 Å². The number of aromatic nitrogens is 3. The zero-order valence-corrected chi connectivity index (χ0v) is 6.49. The molecule has 0 saturated heterocycles. The fraction of sp³-hybridized carbons (Fsp3) is 0.400. The summed E-state index contributed by atoms with van der Waals surface area (Å²) in [7, 11) is 0. The van der Waals surface area contributed by atoms with Crippen molar-refractivity contribution in [3.8, 4) is 0 Å². The molecule has 1 aromatic heterocycles. The van der Waals surface area contributed by atoms with Crippen LogP contribution >= 0.6 is 11.6 Å². The Kier molecular flexibility index (Phi) is 2.09. The van der Waals surface area contributed by atoms with E-state index in [9.17, 15) is 4.79 Å². The molecule has 60 valence electrons. The molecule has 0 radical (unpaired) electrons. The molecular weight excluding hydrogens is 170 g/mol. The Morgan fingerprint density at radius 2 is 2.55 bits per heavy atom. The lowest BCUT2D eigenvalue weighted by Crippen LogP contribution is -2.15. The first-order valence-corrected chi connectivity index (χ1v) is 3.28. The number of carboxylic acids is 1. The van der Waals surface area contributed by atoms with Crippen LogP contribution < -0.4 is 0 Å². The summed E-state index contributed by atoms with van der Waals surface area (Å²) in [5.74, 6) is -0.966. The number of hydrogen-bond donors (Lipinski definition) is 1. The number of carboxylic acid groups (broad SMARTS) is 1. The van der Waals surface area contributed by atoms with E-state index in [4.69, 9.17) is 16.7 Å². The maximum Gasteiger partial charge on any atom is 0.328 e. The summed E-state index contributed by atoms with van der Waals surface area (Å²) in [4.78, 5) is 14.0. The first-order chi connectivity index (χ1) is 5.11. The summed E-state index contributed by atoms with van der Waals surface area (Å²) in [6.07, 6.45) is 1.28. The molecule has 0 bridgehead atoms. The molecule has 5 nitrogen and oxygen atoms in total. The fourth-order valence-electron chi connectivity index (χ4n) is 0.553. The van der Waals surface area contributed by atoms with E-state index in [1.54, 1.807) is 0 Å². The zero-order valence-electron chi connectivity index (χ0n) is 5.73. The first-order valence-electron chi connectivity index (χ1n) is 2.90. The molecule has 0 aliphatic carbocycles. The van der Waals surface area contributed by atoms with Gasteiger partial charge in [0.05, 0.1) is 0 Å². The number of halogens is 1. The van der Waals surface area contributed by atoms with Gasteiger partial charge in [0.25, 0.3) is 0 Å². The van der Waals surface area contributed by atoms with Crippen molar-refractivity contribution in [3.63, 3.8) is 0 Å². The van der Waals surface area contributed by atoms with Crippen LogP contribution in [0.1, 0.15) is 13.0 Å². The molecular formula is C5H6ClN3O2. The molecule has 6 heteroatoms. The Balaban J connectivity index is 2.84. The third-order valence-electron chi connectivity index (χ3n) is 1.23. The number of nitrogens with zero attached hydrogens (tertiary/aromatic N) is 3. The summed E-state index contributed by atoms with van der Waals surface area (Å²) < 4.78 is 1.19. The molecule has 1 rings (SSSR count). The topological polar surface area (TPSA) is 68.0 Å². The molecule has 1 N–H and O–H groups in total. The predicted molar refractivity (Wildman–Crippen MR) is 37.4 cm³/mol. The highest BCUT2D eigenvalue weighted by molar-refractivity contribution is 6.28. The van der Waals surface area contributed by atoms with Crippen molar-refractivity contribution in [1.29, 1.82) is 0 Å². The Morgan fingerprint density at radius 3 is 2.91 bits per heavy atom. The molecule has 0 amide bonds. The van der Waals surface area contributed by atoms with Gasteiger partial charge in [0.15, 0.2) is 0 Å². The van der Waals surface area contributed by atoms with Crippen LogP contribution in [0, 0.1) is 0 Å². The van der Waals surface area contributed by atoms with Crippen LogP contribution in [0.4, 0.5) is 0 Å². The summed E-state index contributed by atoms with van der Waals surface area (Å²) in [6.45, 7) is 1.49. The molecule has 0 aromatic carbocycles. The molecule has 0 aliphatic heterocycles. The van der Waals surface area contributed by atoms with Crippen molar-refractivity contribution < 1.29 is 9.90 Å². The second-order valence-electron chi connectivity index (χ2n) is 2.01. The molecule has 0 saturated carbocycles. The van der Waals surface area contributed by atoms with Crippen molar-refractivity contribution in [3.05, 3.63) is 11.6 Å². The van der Waals surface area contributed by atoms with Gasteiger partial charge < -0.3 is 5.11 Å². The Bertz CT molecular complexity index is 272. The molecule has 1 heterocycles. The predicted octanol–water partition coefficient (Wildman–Crippen LogP) is 0.577. The van der Waals surface area contributed by atoms with E-state index >= 15 is 0 Å². The van der Waals surface area contributed by atoms with Gasteiger partial charge in [-0.15, -0.1) is 5.10 Å². The summed E-state index contributed by atoms with van der Waals surface area (Å²) >= 11 is 5.37. The highest BCUT2D eigenvalue weighted by Crippen LogP contribution is 2.05. The Labute approximate surface area is 67.6 Å². The minimum Gasteiger partial charge on any atom is -0.480 e. The third-order valence-corrected chi connectivity index (χ3v) is 1.41. The van der Waals surface area contributed by atoms with Gasteiger partial charge in [-0.1, -0.05) is 0 Å². The second-order valence-corrected chi connectivity index (χ2v) is 2.35. The number of carbonyl (C=O) groups is 1. The van der Waals surface area contributed by atoms with Gasteiger partial charge >= 0.3 is 5.97 Å². The van der Waals surface area contributed by atoms with Crippen LogP contribution in [0.25, 0.3) is 0 Å². The largest absolute Gasteiger partial charge is 0.480 e. The third kappa shape index (κ3) is 1.68. The second kappa shape index (κ2) is 2.87. The summed E-state index contributed by atoms with van der Waals surface area (Å²) in [5, 5.41) is 12.2. The average Bonchev–Trinajstić information content (AvgIpc) is 2.34. The lowest BCUT2D eigenvalue weighted by Gasteiger charge is -2.03. The SMILES string of the molecule is C[C@@H](C(=O)O)n1cnc(Cl)n1. The zero-order chi connectivity index (χ0) is 8.43. The Hall–Kier alpha value is -1.10. The Morgan fingerprint density at radius 1 is 1.91 bits per heavy atom. The van der Waals surface area contributed by atoms with E-state index in [-0.39, 0.29) is 5.28 Å². The minimum atomic E-state index is -0.966. The van der Waals surface area contributed by atoms with Crippen molar-refractivity contribution >= 4 is 17.6 Å². The van der Waals surface area contributed by atoms with Gasteiger partial charge in [-0.3, -0.25) is 0 Å². The van der Waals surface area contributed by atoms with Crippen LogP contribution in [0.3, 0.4) is 0 Å². The van der Waals surface area contributed by atoms with Crippen molar-refractivity contribution in [1.82, 2.24) is 14.8 Å². The van der Waals surface area contributed by atoms with E-state index in [1.807, 2.05) is 0 Å². The van der Waals surface area contributed by atoms with Crippen molar-refractivity contribution in [2.24, 2.45) is 0 Å². The summed E-state index contributed by atoms with van der Waals surface area (Å²) in [6, 6.07) is -0.727. The van der Waals surface area contributed by atoms with Gasteiger partial charge in [-0.2, -0.15) is 0 Å². The monoisotopic (exact) mass is 175 g/mol. The lowest BCUT2D eigenvalue weighted by molar-refractivity contribution is -0.140. The molecule has 0 unspecified atom stereocenters. The highest BCUT2D eigenvalue weighted by Gasteiger charge is 2.13. The van der Waals surface area contributed by atoms with Crippen LogP contribution in [0.15, 0.2) is 6.33 Å². The molecule has 1 aromatic rings. The minimum absolute atomic E-state index is 0.0538. The van der Waals surface area contributed by atoms with Crippen LogP contribution in [0.5, 0.6) is 0 Å². The molecule has 0 fully saturated rings. The van der Waals surface area contributed by atoms with E-state index in [2.05, 4.69) is 10.1 Å². The van der Waals surface area contributed by atoms with Crippen molar-refractivity contribution in [2.45, 2.75) is 13.0 Å². The standard InChI is InChI=1S/C5H6ClN3O2/c1-3(4(10)11)9-2-7-5(6)8-9/h2-3H,1H3,(H,10,11)/t3-/m0/s1. The number of hydrogen-bond acceptors (Lipinski definition) is 3. The quantitative estimate of drug-likeness (QED) is 0.714. The lowest BCUT2D eigenvalue weighted by atomic mass is 10.4.